The summed E-state index contributed by atoms with van der Waals surface area (Å²) in [7, 11) is -3.55. The summed E-state index contributed by atoms with van der Waals surface area (Å²) in [6, 6.07) is 5.92. The van der Waals surface area contributed by atoms with Gasteiger partial charge in [0.1, 0.15) is 11.6 Å². The molecule has 2 aliphatic rings. The number of carbonyl (C=O) groups is 3. The second-order valence-corrected chi connectivity index (χ2v) is 9.75. The lowest BCUT2D eigenvalue weighted by Crippen LogP contribution is -2.60. The van der Waals surface area contributed by atoms with Crippen molar-refractivity contribution in [2.45, 2.75) is 51.3 Å². The minimum atomic E-state index is -3.55. The molecule has 3 rings (SSSR count). The average Bonchev–Trinajstić information content (AvgIpc) is 3.12. The number of benzene rings is 1. The van der Waals surface area contributed by atoms with Gasteiger partial charge in [-0.05, 0) is 45.7 Å². The summed E-state index contributed by atoms with van der Waals surface area (Å²) >= 11 is 0. The van der Waals surface area contributed by atoms with E-state index in [1.807, 2.05) is 0 Å². The molecule has 0 aromatic heterocycles. The zero-order chi connectivity index (χ0) is 21.6. The van der Waals surface area contributed by atoms with E-state index in [2.05, 4.69) is 5.32 Å². The van der Waals surface area contributed by atoms with Crippen LogP contribution in [0, 0.1) is 0 Å². The highest BCUT2D eigenvalue weighted by molar-refractivity contribution is 7.88. The maximum Gasteiger partial charge on any atom is 0.325 e. The van der Waals surface area contributed by atoms with E-state index in [9.17, 15) is 22.8 Å². The first-order chi connectivity index (χ1) is 13.4. The maximum absolute atomic E-state index is 13.2. The van der Waals surface area contributed by atoms with Gasteiger partial charge in [-0.1, -0.05) is 12.1 Å². The molecule has 9 nitrogen and oxygen atoms in total. The quantitative estimate of drug-likeness (QED) is 0.726. The van der Waals surface area contributed by atoms with Crippen molar-refractivity contribution in [3.8, 4) is 0 Å². The molecule has 10 heteroatoms. The Morgan fingerprint density at radius 2 is 1.93 bits per heavy atom. The number of nitrogens with one attached hydrogen (secondary N) is 1. The van der Waals surface area contributed by atoms with Gasteiger partial charge < -0.3 is 10.1 Å². The van der Waals surface area contributed by atoms with Gasteiger partial charge in [0.25, 0.3) is 5.91 Å². The third-order valence-electron chi connectivity index (χ3n) is 5.27. The van der Waals surface area contributed by atoms with Gasteiger partial charge in [-0.3, -0.25) is 19.3 Å². The number of nitrogens with zero attached hydrogens (tertiary/aromatic N) is 2. The van der Waals surface area contributed by atoms with Crippen LogP contribution < -0.4 is 10.2 Å². The molecule has 2 amide bonds. The Morgan fingerprint density at radius 3 is 2.59 bits per heavy atom. The van der Waals surface area contributed by atoms with Crippen LogP contribution in [0.15, 0.2) is 24.3 Å². The SMILES string of the molecule is C[C@@H](OC(=O)[C@@H]1CCCN1S(C)(=O)=O)C(=O)N1c2ccccc2NC(=O)C1(C)C. The molecule has 0 aliphatic carbocycles. The fourth-order valence-corrected chi connectivity index (χ4v) is 4.82. The number of ether oxygens (including phenoxy) is 1. The lowest BCUT2D eigenvalue weighted by molar-refractivity contribution is -0.157. The van der Waals surface area contributed by atoms with E-state index in [4.69, 9.17) is 4.74 Å². The summed E-state index contributed by atoms with van der Waals surface area (Å²) in [6.45, 7) is 4.87. The highest BCUT2D eigenvalue weighted by Crippen LogP contribution is 2.37. The van der Waals surface area contributed by atoms with E-state index in [1.165, 1.54) is 11.8 Å². The fourth-order valence-electron chi connectivity index (χ4n) is 3.70. The van der Waals surface area contributed by atoms with E-state index in [0.717, 1.165) is 10.6 Å². The molecule has 1 N–H and O–H groups in total. The summed E-state index contributed by atoms with van der Waals surface area (Å²) in [4.78, 5) is 39.6. The van der Waals surface area contributed by atoms with Crippen molar-refractivity contribution in [3.63, 3.8) is 0 Å². The number of anilines is 2. The summed E-state index contributed by atoms with van der Waals surface area (Å²) in [5, 5.41) is 2.77. The third kappa shape index (κ3) is 3.86. The molecule has 2 heterocycles. The number of amides is 2. The van der Waals surface area contributed by atoms with Crippen LogP contribution >= 0.6 is 0 Å². The molecule has 158 valence electrons. The second kappa shape index (κ2) is 7.42. The summed E-state index contributed by atoms with van der Waals surface area (Å²) in [6.07, 6.45) is 0.733. The highest BCUT2D eigenvalue weighted by atomic mass is 32.2. The van der Waals surface area contributed by atoms with Crippen LogP contribution in [0.3, 0.4) is 0 Å². The molecule has 1 aromatic carbocycles. The van der Waals surface area contributed by atoms with Crippen LogP contribution in [0.4, 0.5) is 11.4 Å². The highest BCUT2D eigenvalue weighted by Gasteiger charge is 2.46. The zero-order valence-electron chi connectivity index (χ0n) is 16.8. The average molecular weight is 423 g/mol. The van der Waals surface area contributed by atoms with Crippen LogP contribution in [-0.2, 0) is 29.1 Å². The molecule has 0 radical (unpaired) electrons. The van der Waals surface area contributed by atoms with E-state index in [0.29, 0.717) is 24.2 Å². The van der Waals surface area contributed by atoms with Crippen molar-refractivity contribution < 1.29 is 27.5 Å². The van der Waals surface area contributed by atoms with Crippen molar-refractivity contribution in [2.24, 2.45) is 0 Å². The maximum atomic E-state index is 13.2. The second-order valence-electron chi connectivity index (χ2n) is 7.81. The molecular weight excluding hydrogens is 398 g/mol. The first-order valence-electron chi connectivity index (χ1n) is 9.36. The van der Waals surface area contributed by atoms with E-state index >= 15 is 0 Å². The van der Waals surface area contributed by atoms with Crippen molar-refractivity contribution >= 4 is 39.2 Å². The number of esters is 1. The Kier molecular flexibility index (Phi) is 5.44. The molecule has 0 unspecified atom stereocenters. The third-order valence-corrected chi connectivity index (χ3v) is 6.56. The Labute approximate surface area is 170 Å². The Bertz CT molecular complexity index is 958. The van der Waals surface area contributed by atoms with Crippen LogP contribution in [0.1, 0.15) is 33.6 Å². The predicted molar refractivity (Wildman–Crippen MR) is 107 cm³/mol. The monoisotopic (exact) mass is 423 g/mol. The van der Waals surface area contributed by atoms with Gasteiger partial charge in [0.2, 0.25) is 15.9 Å². The van der Waals surface area contributed by atoms with E-state index in [-0.39, 0.29) is 12.5 Å². The molecule has 0 saturated carbocycles. The van der Waals surface area contributed by atoms with Crippen molar-refractivity contribution in [3.05, 3.63) is 24.3 Å². The number of hydrogen-bond donors (Lipinski definition) is 1. The van der Waals surface area contributed by atoms with Gasteiger partial charge in [0, 0.05) is 6.54 Å². The molecule has 2 atom stereocenters. The van der Waals surface area contributed by atoms with Crippen LogP contribution in [-0.4, -0.2) is 61.0 Å². The first kappa shape index (κ1) is 21.3. The van der Waals surface area contributed by atoms with Crippen molar-refractivity contribution in [2.75, 3.05) is 23.0 Å². The molecule has 1 aromatic rings. The predicted octanol–water partition coefficient (Wildman–Crippen LogP) is 1.11. The molecule has 29 heavy (non-hydrogen) atoms. The molecule has 2 aliphatic heterocycles. The van der Waals surface area contributed by atoms with Gasteiger partial charge >= 0.3 is 5.97 Å². The first-order valence-corrected chi connectivity index (χ1v) is 11.2. The Morgan fingerprint density at radius 1 is 1.28 bits per heavy atom. The van der Waals surface area contributed by atoms with Gasteiger partial charge in [-0.2, -0.15) is 4.31 Å². The molecular formula is C19H25N3O6S. The van der Waals surface area contributed by atoms with Crippen LogP contribution in [0.5, 0.6) is 0 Å². The molecule has 0 spiro atoms. The largest absolute Gasteiger partial charge is 0.451 e. The summed E-state index contributed by atoms with van der Waals surface area (Å²) < 4.78 is 30.2. The van der Waals surface area contributed by atoms with E-state index in [1.54, 1.807) is 38.1 Å². The molecule has 1 fully saturated rings. The number of para-hydroxylation sites is 2. The van der Waals surface area contributed by atoms with Crippen LogP contribution in [0.2, 0.25) is 0 Å². The van der Waals surface area contributed by atoms with Crippen molar-refractivity contribution in [1.82, 2.24) is 4.31 Å². The number of sulfonamides is 1. The van der Waals surface area contributed by atoms with Gasteiger partial charge in [0.15, 0.2) is 6.10 Å². The topological polar surface area (TPSA) is 113 Å². The number of hydrogen-bond acceptors (Lipinski definition) is 6. The van der Waals surface area contributed by atoms with E-state index < -0.39 is 39.6 Å². The van der Waals surface area contributed by atoms with Crippen molar-refractivity contribution in [1.29, 1.82) is 0 Å². The fraction of sp³-hybridized carbons (Fsp3) is 0.526. The lowest BCUT2D eigenvalue weighted by atomic mass is 9.95. The van der Waals surface area contributed by atoms with Gasteiger partial charge in [0.05, 0.1) is 17.6 Å². The number of rotatable bonds is 4. The minimum absolute atomic E-state index is 0.244. The Balaban J connectivity index is 1.83. The smallest absolute Gasteiger partial charge is 0.325 e. The van der Waals surface area contributed by atoms with Gasteiger partial charge in [-0.25, -0.2) is 8.42 Å². The standard InChI is InChI=1S/C19H25N3O6S/c1-12(28-17(24)15-10-7-11-21(15)29(4,26)27)16(23)22-14-9-6-5-8-13(14)20-18(25)19(22,2)3/h5-6,8-9,12,15H,7,10-11H2,1-4H3,(H,20,25)/t12-,15+/m1/s1. The zero-order valence-corrected chi connectivity index (χ0v) is 17.7. The minimum Gasteiger partial charge on any atom is -0.451 e. The lowest BCUT2D eigenvalue weighted by Gasteiger charge is -2.42. The number of carbonyl (C=O) groups excluding carboxylic acids is 3. The van der Waals surface area contributed by atoms with Crippen LogP contribution in [0.25, 0.3) is 0 Å². The normalized spacial score (nSPS) is 22.6. The Hall–Kier alpha value is -2.46. The molecule has 1 saturated heterocycles. The summed E-state index contributed by atoms with van der Waals surface area (Å²) in [5.74, 6) is -1.68. The molecule has 0 bridgehead atoms. The van der Waals surface area contributed by atoms with Gasteiger partial charge in [-0.15, -0.1) is 0 Å². The summed E-state index contributed by atoms with van der Waals surface area (Å²) in [5.41, 5.74) is -0.204. The number of fused-ring (bicyclic) bond motifs is 1.